The molecule has 0 spiro atoms. The number of nitrogens with zero attached hydrogens (tertiary/aromatic N) is 1. The largest absolute Gasteiger partial charge is 0.360 e. The van der Waals surface area contributed by atoms with Crippen molar-refractivity contribution >= 4 is 11.8 Å². The molecule has 7 nitrogen and oxygen atoms in total. The van der Waals surface area contributed by atoms with E-state index in [2.05, 4.69) is 15.8 Å². The summed E-state index contributed by atoms with van der Waals surface area (Å²) in [5.74, 6) is 0.903. The Kier molecular flexibility index (Phi) is 6.21. The Morgan fingerprint density at radius 2 is 2.12 bits per heavy atom. The lowest BCUT2D eigenvalue weighted by atomic mass is 9.82. The van der Waals surface area contributed by atoms with Crippen LogP contribution in [0.2, 0.25) is 0 Å². The molecule has 1 fully saturated rings. The topological polar surface area (TPSA) is 110 Å². The van der Waals surface area contributed by atoms with Crippen LogP contribution in [-0.2, 0) is 4.79 Å². The van der Waals surface area contributed by atoms with Gasteiger partial charge in [0.05, 0.1) is 0 Å². The molecule has 2 rings (SSSR count). The van der Waals surface area contributed by atoms with Crippen molar-refractivity contribution in [2.75, 3.05) is 6.54 Å². The highest BCUT2D eigenvalue weighted by Gasteiger charge is 2.32. The molecule has 1 unspecified atom stereocenters. The Balaban J connectivity index is 1.91. The van der Waals surface area contributed by atoms with E-state index in [1.807, 2.05) is 20.8 Å². The lowest BCUT2D eigenvalue weighted by molar-refractivity contribution is -0.121. The highest BCUT2D eigenvalue weighted by Crippen LogP contribution is 2.40. The molecule has 2 amide bonds. The number of hydrogen-bond acceptors (Lipinski definition) is 5. The van der Waals surface area contributed by atoms with Gasteiger partial charge in [-0.1, -0.05) is 25.9 Å². The van der Waals surface area contributed by atoms with E-state index in [-0.39, 0.29) is 29.3 Å². The summed E-state index contributed by atoms with van der Waals surface area (Å²) < 4.78 is 5.25. The van der Waals surface area contributed by atoms with E-state index < -0.39 is 0 Å². The number of carbonyl (C=O) groups excluding carboxylic acids is 2. The van der Waals surface area contributed by atoms with Crippen LogP contribution >= 0.6 is 0 Å². The number of aromatic nitrogens is 1. The van der Waals surface area contributed by atoms with Crippen LogP contribution in [0, 0.1) is 5.41 Å². The summed E-state index contributed by atoms with van der Waals surface area (Å²) in [6, 6.07) is 1.46. The fourth-order valence-corrected chi connectivity index (χ4v) is 2.85. The van der Waals surface area contributed by atoms with Crippen molar-refractivity contribution in [1.82, 2.24) is 15.8 Å². The monoisotopic (exact) mass is 350 g/mol. The standard InChI is InChI=1S/C18H30N4O3/c1-5-15(18(3,4)10-20-16(23)8-11(2)19)21-17(24)13-9-14(25-22-13)12-6-7-12/h9,11-12,15H,5-8,10,19H2,1-4H3,(H,20,23)(H,21,24)/t11-,15?/m0/s1. The van der Waals surface area contributed by atoms with Crippen LogP contribution in [0.4, 0.5) is 0 Å². The van der Waals surface area contributed by atoms with Gasteiger partial charge in [-0.3, -0.25) is 9.59 Å². The van der Waals surface area contributed by atoms with E-state index in [0.29, 0.717) is 24.6 Å². The van der Waals surface area contributed by atoms with Crippen molar-refractivity contribution in [2.24, 2.45) is 11.1 Å². The second-order valence-electron chi connectivity index (χ2n) is 7.77. The highest BCUT2D eigenvalue weighted by atomic mass is 16.5. The van der Waals surface area contributed by atoms with Gasteiger partial charge in [-0.25, -0.2) is 0 Å². The van der Waals surface area contributed by atoms with Crippen molar-refractivity contribution in [3.8, 4) is 0 Å². The van der Waals surface area contributed by atoms with Crippen LogP contribution in [0.5, 0.6) is 0 Å². The Morgan fingerprint density at radius 1 is 1.44 bits per heavy atom. The van der Waals surface area contributed by atoms with Crippen LogP contribution < -0.4 is 16.4 Å². The smallest absolute Gasteiger partial charge is 0.273 e. The van der Waals surface area contributed by atoms with E-state index in [1.54, 1.807) is 13.0 Å². The molecule has 0 aliphatic heterocycles. The molecule has 4 N–H and O–H groups in total. The van der Waals surface area contributed by atoms with Crippen molar-refractivity contribution < 1.29 is 14.1 Å². The number of amides is 2. The molecular weight excluding hydrogens is 320 g/mol. The van der Waals surface area contributed by atoms with Crippen molar-refractivity contribution in [2.45, 2.75) is 71.4 Å². The molecule has 2 atom stereocenters. The molecule has 0 bridgehead atoms. The minimum Gasteiger partial charge on any atom is -0.360 e. The molecular formula is C18H30N4O3. The zero-order valence-corrected chi connectivity index (χ0v) is 15.6. The Labute approximate surface area is 149 Å². The van der Waals surface area contributed by atoms with Gasteiger partial charge in [0.2, 0.25) is 5.91 Å². The van der Waals surface area contributed by atoms with Gasteiger partial charge in [0, 0.05) is 42.4 Å². The molecule has 1 aliphatic carbocycles. The van der Waals surface area contributed by atoms with Gasteiger partial charge < -0.3 is 20.9 Å². The van der Waals surface area contributed by atoms with Crippen molar-refractivity contribution in [3.63, 3.8) is 0 Å². The first-order chi connectivity index (χ1) is 11.7. The van der Waals surface area contributed by atoms with Crippen molar-refractivity contribution in [3.05, 3.63) is 17.5 Å². The van der Waals surface area contributed by atoms with Crippen LogP contribution in [0.15, 0.2) is 10.6 Å². The summed E-state index contributed by atoms with van der Waals surface area (Å²) in [5, 5.41) is 9.81. The van der Waals surface area contributed by atoms with Gasteiger partial charge in [0.1, 0.15) is 5.76 Å². The summed E-state index contributed by atoms with van der Waals surface area (Å²) >= 11 is 0. The van der Waals surface area contributed by atoms with Gasteiger partial charge in [0.15, 0.2) is 5.69 Å². The van der Waals surface area contributed by atoms with Crippen LogP contribution in [-0.4, -0.2) is 35.6 Å². The molecule has 140 valence electrons. The maximum Gasteiger partial charge on any atom is 0.273 e. The second kappa shape index (κ2) is 7.99. The Bertz CT molecular complexity index is 605. The minimum atomic E-state index is -0.305. The summed E-state index contributed by atoms with van der Waals surface area (Å²) in [5.41, 5.74) is 5.66. The average molecular weight is 350 g/mol. The van der Waals surface area contributed by atoms with E-state index in [0.717, 1.165) is 25.0 Å². The first kappa shape index (κ1) is 19.4. The number of rotatable bonds is 9. The van der Waals surface area contributed by atoms with E-state index in [4.69, 9.17) is 10.3 Å². The molecule has 0 aromatic carbocycles. The average Bonchev–Trinajstić information content (AvgIpc) is 3.26. The number of hydrogen-bond donors (Lipinski definition) is 3. The predicted octanol–water partition coefficient (Wildman–Crippen LogP) is 1.94. The van der Waals surface area contributed by atoms with Crippen LogP contribution in [0.1, 0.15) is 75.5 Å². The molecule has 1 aliphatic rings. The van der Waals surface area contributed by atoms with Gasteiger partial charge in [-0.2, -0.15) is 0 Å². The molecule has 1 saturated carbocycles. The van der Waals surface area contributed by atoms with E-state index >= 15 is 0 Å². The summed E-state index contributed by atoms with van der Waals surface area (Å²) in [6.45, 7) is 8.31. The number of nitrogens with one attached hydrogen (secondary N) is 2. The zero-order chi connectivity index (χ0) is 18.6. The fraction of sp³-hybridized carbons (Fsp3) is 0.722. The highest BCUT2D eigenvalue weighted by molar-refractivity contribution is 5.92. The maximum atomic E-state index is 12.5. The van der Waals surface area contributed by atoms with Crippen molar-refractivity contribution in [1.29, 1.82) is 0 Å². The molecule has 7 heteroatoms. The predicted molar refractivity (Wildman–Crippen MR) is 95.1 cm³/mol. The van der Waals surface area contributed by atoms with Crippen LogP contribution in [0.25, 0.3) is 0 Å². The third-order valence-corrected chi connectivity index (χ3v) is 4.65. The number of nitrogens with two attached hydrogens (primary N) is 1. The summed E-state index contributed by atoms with van der Waals surface area (Å²) in [7, 11) is 0. The lowest BCUT2D eigenvalue weighted by Crippen LogP contribution is -2.50. The molecule has 25 heavy (non-hydrogen) atoms. The quantitative estimate of drug-likeness (QED) is 0.630. The first-order valence-corrected chi connectivity index (χ1v) is 9.02. The lowest BCUT2D eigenvalue weighted by Gasteiger charge is -2.34. The number of carbonyl (C=O) groups is 2. The Hall–Kier alpha value is -1.89. The molecule has 1 aromatic heterocycles. The maximum absolute atomic E-state index is 12.5. The fourth-order valence-electron chi connectivity index (χ4n) is 2.85. The molecule has 0 saturated heterocycles. The first-order valence-electron chi connectivity index (χ1n) is 9.02. The molecule has 1 aromatic rings. The summed E-state index contributed by atoms with van der Waals surface area (Å²) in [4.78, 5) is 24.3. The second-order valence-corrected chi connectivity index (χ2v) is 7.77. The van der Waals surface area contributed by atoms with Gasteiger partial charge >= 0.3 is 0 Å². The normalized spacial score (nSPS) is 17.0. The van der Waals surface area contributed by atoms with Gasteiger partial charge in [0.25, 0.3) is 5.91 Å². The molecule has 1 heterocycles. The minimum absolute atomic E-state index is 0.0742. The third-order valence-electron chi connectivity index (χ3n) is 4.65. The Morgan fingerprint density at radius 3 is 2.68 bits per heavy atom. The zero-order valence-electron chi connectivity index (χ0n) is 15.6. The SMILES string of the molecule is CCC(NC(=O)c1cc(C2CC2)on1)C(C)(C)CNC(=O)C[C@H](C)N. The summed E-state index contributed by atoms with van der Waals surface area (Å²) in [6.07, 6.45) is 3.24. The van der Waals surface area contributed by atoms with Crippen LogP contribution in [0.3, 0.4) is 0 Å². The van der Waals surface area contributed by atoms with Gasteiger partial charge in [-0.15, -0.1) is 0 Å². The molecule has 0 radical (unpaired) electrons. The third kappa shape index (κ3) is 5.56. The van der Waals surface area contributed by atoms with E-state index in [1.165, 1.54) is 0 Å². The van der Waals surface area contributed by atoms with Gasteiger partial charge in [-0.05, 0) is 26.2 Å². The van der Waals surface area contributed by atoms with E-state index in [9.17, 15) is 9.59 Å².